The lowest BCUT2D eigenvalue weighted by Gasteiger charge is -2.19. The number of rotatable bonds is 6. The fourth-order valence-corrected chi connectivity index (χ4v) is 5.85. The summed E-state index contributed by atoms with van der Waals surface area (Å²) in [6.45, 7) is 6.85. The number of aromatic nitrogens is 2. The number of aryl methyl sites for hydroxylation is 2. The summed E-state index contributed by atoms with van der Waals surface area (Å²) in [6, 6.07) is 0. The summed E-state index contributed by atoms with van der Waals surface area (Å²) in [4.78, 5) is 34.4. The lowest BCUT2D eigenvalue weighted by molar-refractivity contribution is -0.127. The van der Waals surface area contributed by atoms with Crippen LogP contribution in [0.2, 0.25) is 0 Å². The largest absolute Gasteiger partial charge is 0.348 e. The number of thioether (sulfide) groups is 1. The highest BCUT2D eigenvalue weighted by molar-refractivity contribution is 8.00. The van der Waals surface area contributed by atoms with Crippen molar-refractivity contribution in [3.05, 3.63) is 20.8 Å². The Labute approximate surface area is 169 Å². The molecule has 1 atom stereocenters. The first-order valence-electron chi connectivity index (χ1n) is 9.72. The van der Waals surface area contributed by atoms with Crippen LogP contribution in [-0.4, -0.2) is 39.7 Å². The van der Waals surface area contributed by atoms with Crippen molar-refractivity contribution in [2.75, 3.05) is 14.1 Å². The van der Waals surface area contributed by atoms with Gasteiger partial charge in [0.2, 0.25) is 5.91 Å². The minimum Gasteiger partial charge on any atom is -0.348 e. The molecule has 0 unspecified atom stereocenters. The molecule has 0 radical (unpaired) electrons. The number of carbonyl (C=O) groups is 1. The molecule has 0 N–H and O–H groups in total. The molecular weight excluding hydrogens is 378 g/mol. The minimum absolute atomic E-state index is 0.0372. The minimum atomic E-state index is -0.274. The zero-order valence-corrected chi connectivity index (χ0v) is 18.5. The summed E-state index contributed by atoms with van der Waals surface area (Å²) < 4.78 is 1.81. The van der Waals surface area contributed by atoms with E-state index in [9.17, 15) is 9.59 Å². The summed E-state index contributed by atoms with van der Waals surface area (Å²) in [5.41, 5.74) is 1.30. The molecule has 2 aromatic rings. The maximum atomic E-state index is 13.4. The fraction of sp³-hybridized carbons (Fsp3) is 0.650. The normalized spacial score (nSPS) is 15.2. The van der Waals surface area contributed by atoms with Gasteiger partial charge in [-0.05, 0) is 50.5 Å². The molecule has 1 amide bonds. The molecule has 0 bridgehead atoms. The fourth-order valence-electron chi connectivity index (χ4n) is 3.47. The molecule has 0 saturated carbocycles. The highest BCUT2D eigenvalue weighted by atomic mass is 32.2. The lowest BCUT2D eigenvalue weighted by atomic mass is 9.97. The average molecular weight is 408 g/mol. The number of thiophene rings is 1. The second-order valence-electron chi connectivity index (χ2n) is 7.92. The van der Waals surface area contributed by atoms with Crippen molar-refractivity contribution >= 4 is 39.2 Å². The van der Waals surface area contributed by atoms with Crippen LogP contribution in [0.25, 0.3) is 10.2 Å². The molecular formula is C20H29N3O2S2. The first-order valence-corrected chi connectivity index (χ1v) is 11.4. The maximum Gasteiger partial charge on any atom is 0.263 e. The number of carbonyl (C=O) groups excluding carboxylic acids is 1. The van der Waals surface area contributed by atoms with Gasteiger partial charge < -0.3 is 4.90 Å². The van der Waals surface area contributed by atoms with E-state index in [1.807, 2.05) is 11.5 Å². The Bertz CT molecular complexity index is 899. The lowest BCUT2D eigenvalue weighted by Crippen LogP contribution is -2.31. The van der Waals surface area contributed by atoms with E-state index in [1.165, 1.54) is 28.6 Å². The quantitative estimate of drug-likeness (QED) is 0.537. The number of hydrogen-bond acceptors (Lipinski definition) is 5. The van der Waals surface area contributed by atoms with Crippen LogP contribution >= 0.6 is 23.1 Å². The molecule has 27 heavy (non-hydrogen) atoms. The average Bonchev–Trinajstić information content (AvgIpc) is 2.98. The van der Waals surface area contributed by atoms with Crippen molar-refractivity contribution in [3.63, 3.8) is 0 Å². The highest BCUT2D eigenvalue weighted by Crippen LogP contribution is 2.35. The first kappa shape index (κ1) is 20.4. The molecule has 1 aliphatic carbocycles. The van der Waals surface area contributed by atoms with Gasteiger partial charge in [-0.1, -0.05) is 25.6 Å². The van der Waals surface area contributed by atoms with E-state index >= 15 is 0 Å². The van der Waals surface area contributed by atoms with Crippen LogP contribution in [0.15, 0.2) is 9.95 Å². The molecule has 0 saturated heterocycles. The van der Waals surface area contributed by atoms with Crippen LogP contribution in [0.1, 0.15) is 50.5 Å². The first-order chi connectivity index (χ1) is 12.8. The molecule has 0 aliphatic heterocycles. The van der Waals surface area contributed by atoms with Crippen molar-refractivity contribution < 1.29 is 4.79 Å². The van der Waals surface area contributed by atoms with Crippen LogP contribution in [0.5, 0.6) is 0 Å². The van der Waals surface area contributed by atoms with Crippen molar-refractivity contribution in [2.24, 2.45) is 5.92 Å². The van der Waals surface area contributed by atoms with E-state index in [-0.39, 0.29) is 16.7 Å². The third kappa shape index (κ3) is 4.24. The summed E-state index contributed by atoms with van der Waals surface area (Å²) in [5.74, 6) is 0.540. The third-order valence-corrected chi connectivity index (χ3v) is 7.30. The second kappa shape index (κ2) is 8.35. The predicted molar refractivity (Wildman–Crippen MR) is 114 cm³/mol. The Kier molecular flexibility index (Phi) is 6.31. The molecule has 1 aliphatic rings. The molecule has 148 valence electrons. The van der Waals surface area contributed by atoms with Gasteiger partial charge in [0.15, 0.2) is 5.16 Å². The molecule has 5 nitrogen and oxygen atoms in total. The Morgan fingerprint density at radius 3 is 2.63 bits per heavy atom. The Morgan fingerprint density at radius 1 is 1.26 bits per heavy atom. The molecule has 0 fully saturated rings. The molecule has 3 rings (SSSR count). The van der Waals surface area contributed by atoms with Gasteiger partial charge >= 0.3 is 0 Å². The van der Waals surface area contributed by atoms with Crippen molar-refractivity contribution in [3.8, 4) is 0 Å². The van der Waals surface area contributed by atoms with Crippen LogP contribution in [0.3, 0.4) is 0 Å². The SMILES string of the molecule is CC(C)CCn1c(S[C@H](C)C(=O)N(C)C)nc2sc3c(c2c1=O)CCCC3. The molecule has 0 aromatic carbocycles. The Balaban J connectivity index is 2.08. The van der Waals surface area contributed by atoms with Gasteiger partial charge in [0.05, 0.1) is 10.6 Å². The zero-order valence-electron chi connectivity index (χ0n) is 16.9. The van der Waals surface area contributed by atoms with Gasteiger partial charge in [0, 0.05) is 25.5 Å². The van der Waals surface area contributed by atoms with E-state index in [0.717, 1.165) is 35.9 Å². The van der Waals surface area contributed by atoms with Crippen LogP contribution < -0.4 is 5.56 Å². The van der Waals surface area contributed by atoms with Crippen LogP contribution in [-0.2, 0) is 24.2 Å². The van der Waals surface area contributed by atoms with E-state index < -0.39 is 0 Å². The third-order valence-electron chi connectivity index (χ3n) is 5.04. The molecule has 2 heterocycles. The monoisotopic (exact) mass is 407 g/mol. The Hall–Kier alpha value is -1.34. The van der Waals surface area contributed by atoms with E-state index in [2.05, 4.69) is 13.8 Å². The van der Waals surface area contributed by atoms with Gasteiger partial charge in [-0.3, -0.25) is 14.2 Å². The molecule has 0 spiro atoms. The smallest absolute Gasteiger partial charge is 0.263 e. The van der Waals surface area contributed by atoms with E-state index in [1.54, 1.807) is 30.3 Å². The summed E-state index contributed by atoms with van der Waals surface area (Å²) in [5, 5.41) is 1.23. The van der Waals surface area contributed by atoms with Gasteiger partial charge in [-0.25, -0.2) is 4.98 Å². The van der Waals surface area contributed by atoms with Crippen molar-refractivity contribution in [2.45, 2.75) is 69.8 Å². The topological polar surface area (TPSA) is 55.2 Å². The van der Waals surface area contributed by atoms with Crippen LogP contribution in [0, 0.1) is 5.92 Å². The summed E-state index contributed by atoms with van der Waals surface area (Å²) in [7, 11) is 3.52. The number of nitrogens with zero attached hydrogens (tertiary/aromatic N) is 3. The van der Waals surface area contributed by atoms with Crippen molar-refractivity contribution in [1.82, 2.24) is 14.5 Å². The zero-order chi connectivity index (χ0) is 19.7. The van der Waals surface area contributed by atoms with Gasteiger partial charge in [0.1, 0.15) is 4.83 Å². The summed E-state index contributed by atoms with van der Waals surface area (Å²) in [6.07, 6.45) is 5.30. The van der Waals surface area contributed by atoms with E-state index in [0.29, 0.717) is 17.6 Å². The molecule has 7 heteroatoms. The van der Waals surface area contributed by atoms with Gasteiger partial charge in [-0.15, -0.1) is 11.3 Å². The standard InChI is InChI=1S/C20H29N3O2S2/c1-12(2)10-11-23-19(25)16-14-8-6-7-9-15(14)27-17(16)21-20(23)26-13(3)18(24)22(4)5/h12-13H,6-11H2,1-5H3/t13-/m1/s1. The maximum absolute atomic E-state index is 13.4. The second-order valence-corrected chi connectivity index (χ2v) is 10.3. The Morgan fingerprint density at radius 2 is 1.96 bits per heavy atom. The number of fused-ring (bicyclic) bond motifs is 3. The van der Waals surface area contributed by atoms with Crippen LogP contribution in [0.4, 0.5) is 0 Å². The number of hydrogen-bond donors (Lipinski definition) is 0. The molecule has 2 aromatic heterocycles. The summed E-state index contributed by atoms with van der Waals surface area (Å²) >= 11 is 3.07. The van der Waals surface area contributed by atoms with E-state index in [4.69, 9.17) is 4.98 Å². The predicted octanol–water partition coefficient (Wildman–Crippen LogP) is 3.95. The highest BCUT2D eigenvalue weighted by Gasteiger charge is 2.24. The van der Waals surface area contributed by atoms with Gasteiger partial charge in [-0.2, -0.15) is 0 Å². The van der Waals surface area contributed by atoms with Gasteiger partial charge in [0.25, 0.3) is 5.56 Å². The number of amides is 1. The van der Waals surface area contributed by atoms with Crippen molar-refractivity contribution in [1.29, 1.82) is 0 Å².